The molecule has 0 radical (unpaired) electrons. The van der Waals surface area contributed by atoms with Crippen LogP contribution in [0.5, 0.6) is 5.75 Å². The van der Waals surface area contributed by atoms with Crippen LogP contribution in [0.4, 0.5) is 5.82 Å². The SMILES string of the molecule is Oc1ccc(C2=Cc3c(ncnc3NCc3ccccc3)C2)cc1. The zero-order valence-electron chi connectivity index (χ0n) is 13.1. The van der Waals surface area contributed by atoms with Gasteiger partial charge in [0.1, 0.15) is 17.9 Å². The Morgan fingerprint density at radius 3 is 2.54 bits per heavy atom. The number of phenols is 1. The lowest BCUT2D eigenvalue weighted by atomic mass is 10.1. The molecule has 1 aliphatic rings. The first kappa shape index (κ1) is 14.5. The lowest BCUT2D eigenvalue weighted by Crippen LogP contribution is -2.04. The van der Waals surface area contributed by atoms with E-state index in [0.717, 1.165) is 35.6 Å². The second kappa shape index (κ2) is 6.16. The highest BCUT2D eigenvalue weighted by molar-refractivity contribution is 5.90. The Labute approximate surface area is 140 Å². The van der Waals surface area contributed by atoms with Gasteiger partial charge in [0.2, 0.25) is 0 Å². The number of allylic oxidation sites excluding steroid dienone is 1. The molecule has 2 N–H and O–H groups in total. The molecule has 0 unspecified atom stereocenters. The van der Waals surface area contributed by atoms with Crippen molar-refractivity contribution >= 4 is 17.5 Å². The third-order valence-electron chi connectivity index (χ3n) is 4.18. The highest BCUT2D eigenvalue weighted by atomic mass is 16.3. The van der Waals surface area contributed by atoms with E-state index < -0.39 is 0 Å². The summed E-state index contributed by atoms with van der Waals surface area (Å²) >= 11 is 0. The molecule has 118 valence electrons. The van der Waals surface area contributed by atoms with Gasteiger partial charge in [-0.3, -0.25) is 0 Å². The van der Waals surface area contributed by atoms with Crippen molar-refractivity contribution in [3.8, 4) is 5.75 Å². The van der Waals surface area contributed by atoms with Crippen LogP contribution in [0.25, 0.3) is 11.6 Å². The van der Waals surface area contributed by atoms with E-state index in [1.807, 2.05) is 30.3 Å². The molecule has 4 heteroatoms. The number of aromatic nitrogens is 2. The molecule has 3 aromatic rings. The van der Waals surface area contributed by atoms with Gasteiger partial charge >= 0.3 is 0 Å². The molecular formula is C20H17N3O. The van der Waals surface area contributed by atoms with Crippen LogP contribution in [0.1, 0.15) is 22.4 Å². The van der Waals surface area contributed by atoms with E-state index in [4.69, 9.17) is 0 Å². The first-order valence-electron chi connectivity index (χ1n) is 7.91. The van der Waals surface area contributed by atoms with Crippen LogP contribution in [0, 0.1) is 0 Å². The number of phenolic OH excluding ortho intramolecular Hbond substituents is 1. The molecule has 0 saturated heterocycles. The molecule has 2 aromatic carbocycles. The minimum Gasteiger partial charge on any atom is -0.508 e. The molecule has 0 bridgehead atoms. The second-order valence-electron chi connectivity index (χ2n) is 5.82. The van der Waals surface area contributed by atoms with E-state index in [2.05, 4.69) is 33.5 Å². The topological polar surface area (TPSA) is 58.0 Å². The van der Waals surface area contributed by atoms with Gasteiger partial charge in [-0.1, -0.05) is 42.5 Å². The summed E-state index contributed by atoms with van der Waals surface area (Å²) in [5, 5.41) is 12.9. The smallest absolute Gasteiger partial charge is 0.137 e. The number of fused-ring (bicyclic) bond motifs is 1. The molecule has 1 aromatic heterocycles. The molecule has 0 amide bonds. The van der Waals surface area contributed by atoms with E-state index in [0.29, 0.717) is 0 Å². The van der Waals surface area contributed by atoms with E-state index in [1.54, 1.807) is 18.5 Å². The highest BCUT2D eigenvalue weighted by Gasteiger charge is 2.19. The van der Waals surface area contributed by atoms with Gasteiger partial charge in [0.05, 0.1) is 5.69 Å². The largest absolute Gasteiger partial charge is 0.508 e. The maximum absolute atomic E-state index is 9.44. The molecule has 0 atom stereocenters. The Bertz CT molecular complexity index is 887. The van der Waals surface area contributed by atoms with Crippen LogP contribution in [0.2, 0.25) is 0 Å². The molecule has 24 heavy (non-hydrogen) atoms. The zero-order valence-corrected chi connectivity index (χ0v) is 13.1. The monoisotopic (exact) mass is 315 g/mol. The fourth-order valence-electron chi connectivity index (χ4n) is 2.91. The number of anilines is 1. The number of hydrogen-bond acceptors (Lipinski definition) is 4. The number of hydrogen-bond donors (Lipinski definition) is 2. The molecule has 1 aliphatic carbocycles. The number of nitrogens with zero attached hydrogens (tertiary/aromatic N) is 2. The van der Waals surface area contributed by atoms with Crippen LogP contribution in [0.15, 0.2) is 60.9 Å². The summed E-state index contributed by atoms with van der Waals surface area (Å²) in [7, 11) is 0. The van der Waals surface area contributed by atoms with Crippen molar-refractivity contribution in [1.82, 2.24) is 9.97 Å². The number of nitrogens with one attached hydrogen (secondary N) is 1. The summed E-state index contributed by atoms with van der Waals surface area (Å²) in [5.41, 5.74) is 5.58. The van der Waals surface area contributed by atoms with Crippen LogP contribution < -0.4 is 5.32 Å². The van der Waals surface area contributed by atoms with Gasteiger partial charge in [0.15, 0.2) is 0 Å². The molecular weight excluding hydrogens is 298 g/mol. The third kappa shape index (κ3) is 2.86. The molecule has 0 aliphatic heterocycles. The predicted molar refractivity (Wildman–Crippen MR) is 95.5 cm³/mol. The fraction of sp³-hybridized carbons (Fsp3) is 0.100. The van der Waals surface area contributed by atoms with Gasteiger partial charge in [-0.05, 0) is 34.9 Å². The van der Waals surface area contributed by atoms with E-state index >= 15 is 0 Å². The van der Waals surface area contributed by atoms with Crippen LogP contribution in [-0.4, -0.2) is 15.1 Å². The lowest BCUT2D eigenvalue weighted by Gasteiger charge is -2.08. The summed E-state index contributed by atoms with van der Waals surface area (Å²) in [5.74, 6) is 1.14. The van der Waals surface area contributed by atoms with E-state index in [9.17, 15) is 5.11 Å². The van der Waals surface area contributed by atoms with Crippen molar-refractivity contribution in [1.29, 1.82) is 0 Å². The Hall–Kier alpha value is -3.14. The molecule has 4 nitrogen and oxygen atoms in total. The second-order valence-corrected chi connectivity index (χ2v) is 5.82. The van der Waals surface area contributed by atoms with Crippen molar-refractivity contribution in [2.75, 3.05) is 5.32 Å². The summed E-state index contributed by atoms with van der Waals surface area (Å²) in [6.45, 7) is 0.729. The van der Waals surface area contributed by atoms with Crippen molar-refractivity contribution in [3.63, 3.8) is 0 Å². The summed E-state index contributed by atoms with van der Waals surface area (Å²) in [6, 6.07) is 17.5. The van der Waals surface area contributed by atoms with Crippen LogP contribution in [0.3, 0.4) is 0 Å². The van der Waals surface area contributed by atoms with Crippen LogP contribution in [-0.2, 0) is 13.0 Å². The molecule has 0 saturated carbocycles. The van der Waals surface area contributed by atoms with Crippen molar-refractivity contribution in [2.45, 2.75) is 13.0 Å². The normalized spacial score (nSPS) is 12.6. The molecule has 0 fully saturated rings. The van der Waals surface area contributed by atoms with Crippen molar-refractivity contribution < 1.29 is 5.11 Å². The first-order chi connectivity index (χ1) is 11.8. The standard InChI is InChI=1S/C20H17N3O/c24-17-8-6-15(7-9-17)16-10-18-19(11-16)22-13-23-20(18)21-12-14-4-2-1-3-5-14/h1-10,13,24H,11-12H2,(H,21,22,23). The maximum atomic E-state index is 9.44. The highest BCUT2D eigenvalue weighted by Crippen LogP contribution is 2.34. The number of benzene rings is 2. The van der Waals surface area contributed by atoms with E-state index in [-0.39, 0.29) is 5.75 Å². The van der Waals surface area contributed by atoms with E-state index in [1.165, 1.54) is 11.1 Å². The van der Waals surface area contributed by atoms with Crippen LogP contribution >= 0.6 is 0 Å². The van der Waals surface area contributed by atoms with Gasteiger partial charge in [0, 0.05) is 18.5 Å². The minimum atomic E-state index is 0.278. The van der Waals surface area contributed by atoms with Crippen molar-refractivity contribution in [2.24, 2.45) is 0 Å². The Balaban J connectivity index is 1.59. The average molecular weight is 315 g/mol. The van der Waals surface area contributed by atoms with Gasteiger partial charge < -0.3 is 10.4 Å². The Morgan fingerprint density at radius 2 is 1.75 bits per heavy atom. The van der Waals surface area contributed by atoms with Gasteiger partial charge in [0.25, 0.3) is 0 Å². The molecule has 1 heterocycles. The summed E-state index contributed by atoms with van der Waals surface area (Å²) in [6.07, 6.45) is 4.53. The minimum absolute atomic E-state index is 0.278. The predicted octanol–water partition coefficient (Wildman–Crippen LogP) is 3.89. The Morgan fingerprint density at radius 1 is 0.958 bits per heavy atom. The Kier molecular flexibility index (Phi) is 3.71. The average Bonchev–Trinajstić information content (AvgIpc) is 3.06. The number of rotatable bonds is 4. The molecule has 0 spiro atoms. The third-order valence-corrected chi connectivity index (χ3v) is 4.18. The lowest BCUT2D eigenvalue weighted by molar-refractivity contribution is 0.475. The number of aromatic hydroxyl groups is 1. The first-order valence-corrected chi connectivity index (χ1v) is 7.91. The summed E-state index contributed by atoms with van der Waals surface area (Å²) in [4.78, 5) is 8.82. The van der Waals surface area contributed by atoms with Gasteiger partial charge in [-0.2, -0.15) is 0 Å². The summed E-state index contributed by atoms with van der Waals surface area (Å²) < 4.78 is 0. The fourth-order valence-corrected chi connectivity index (χ4v) is 2.91. The van der Waals surface area contributed by atoms with Gasteiger partial charge in [-0.25, -0.2) is 9.97 Å². The van der Waals surface area contributed by atoms with Crippen molar-refractivity contribution in [3.05, 3.63) is 83.3 Å². The molecule has 4 rings (SSSR count). The quantitative estimate of drug-likeness (QED) is 0.767. The van der Waals surface area contributed by atoms with Gasteiger partial charge in [-0.15, -0.1) is 0 Å². The zero-order chi connectivity index (χ0) is 16.4. The maximum Gasteiger partial charge on any atom is 0.137 e.